The Hall–Kier alpha value is -1.55. The lowest BCUT2D eigenvalue weighted by Crippen LogP contribution is -2.30. The number of methoxy groups -OCH3 is 2. The van der Waals surface area contributed by atoms with E-state index in [9.17, 15) is 9.90 Å². The molecule has 4 nitrogen and oxygen atoms in total. The zero-order valence-corrected chi connectivity index (χ0v) is 12.5. The number of rotatable bonds is 4. The van der Waals surface area contributed by atoms with Crippen LogP contribution in [0.4, 0.5) is 0 Å². The van der Waals surface area contributed by atoms with Gasteiger partial charge in [0.2, 0.25) is 0 Å². The van der Waals surface area contributed by atoms with Gasteiger partial charge in [-0.25, -0.2) is 4.79 Å². The average molecular weight is 290 g/mol. The van der Waals surface area contributed by atoms with Crippen molar-refractivity contribution in [1.82, 2.24) is 0 Å². The molecule has 2 aliphatic carbocycles. The Kier molecular flexibility index (Phi) is 3.89. The Morgan fingerprint density at radius 2 is 2.10 bits per heavy atom. The fourth-order valence-corrected chi connectivity index (χ4v) is 4.10. The first-order valence-electron chi connectivity index (χ1n) is 7.55. The van der Waals surface area contributed by atoms with E-state index in [4.69, 9.17) is 9.47 Å². The minimum absolute atomic E-state index is 0.301. The SMILES string of the molecule is COC(=O)c1cc(C2CC3CC(CO)CC32)ccc1OC. The van der Waals surface area contributed by atoms with Gasteiger partial charge in [-0.3, -0.25) is 0 Å². The van der Waals surface area contributed by atoms with Crippen LogP contribution in [-0.4, -0.2) is 31.9 Å². The summed E-state index contributed by atoms with van der Waals surface area (Å²) in [7, 11) is 2.94. The van der Waals surface area contributed by atoms with Crippen molar-refractivity contribution < 1.29 is 19.4 Å². The van der Waals surface area contributed by atoms with Crippen LogP contribution in [0.2, 0.25) is 0 Å². The van der Waals surface area contributed by atoms with Gasteiger partial charge in [0.05, 0.1) is 14.2 Å². The largest absolute Gasteiger partial charge is 0.496 e. The van der Waals surface area contributed by atoms with Gasteiger partial charge in [0.15, 0.2) is 0 Å². The standard InChI is InChI=1S/C17H22O4/c1-20-16-4-3-11(7-15(16)17(19)21-2)14-8-12-5-10(9-18)6-13(12)14/h3-4,7,10,12-14,18H,5-6,8-9H2,1-2H3. The van der Waals surface area contributed by atoms with Gasteiger partial charge in [-0.15, -0.1) is 0 Å². The molecule has 0 aromatic heterocycles. The first-order chi connectivity index (χ1) is 10.2. The Morgan fingerprint density at radius 1 is 1.29 bits per heavy atom. The van der Waals surface area contributed by atoms with Crippen LogP contribution >= 0.6 is 0 Å². The van der Waals surface area contributed by atoms with E-state index in [1.807, 2.05) is 12.1 Å². The molecule has 114 valence electrons. The zero-order chi connectivity index (χ0) is 15.0. The molecule has 0 bridgehead atoms. The number of ether oxygens (including phenoxy) is 2. The molecule has 0 spiro atoms. The zero-order valence-electron chi connectivity index (χ0n) is 12.5. The maximum Gasteiger partial charge on any atom is 0.341 e. The highest BCUT2D eigenvalue weighted by Gasteiger charge is 2.47. The molecule has 1 aromatic rings. The Bertz CT molecular complexity index is 540. The topological polar surface area (TPSA) is 55.8 Å². The normalized spacial score (nSPS) is 30.4. The van der Waals surface area contributed by atoms with Crippen LogP contribution < -0.4 is 4.74 Å². The molecular formula is C17H22O4. The number of carbonyl (C=O) groups excluding carboxylic acids is 1. The highest BCUT2D eigenvalue weighted by atomic mass is 16.5. The Morgan fingerprint density at radius 3 is 2.76 bits per heavy atom. The van der Waals surface area contributed by atoms with Crippen molar-refractivity contribution in [1.29, 1.82) is 0 Å². The predicted molar refractivity (Wildman–Crippen MR) is 78.5 cm³/mol. The van der Waals surface area contributed by atoms with Crippen LogP contribution in [0.25, 0.3) is 0 Å². The predicted octanol–water partition coefficient (Wildman–Crippen LogP) is 2.60. The van der Waals surface area contributed by atoms with E-state index >= 15 is 0 Å². The van der Waals surface area contributed by atoms with Crippen LogP contribution in [0.5, 0.6) is 5.75 Å². The summed E-state index contributed by atoms with van der Waals surface area (Å²) in [6.45, 7) is 0.301. The van der Waals surface area contributed by atoms with Crippen molar-refractivity contribution in [2.24, 2.45) is 17.8 Å². The molecule has 4 unspecified atom stereocenters. The first-order valence-corrected chi connectivity index (χ1v) is 7.55. The summed E-state index contributed by atoms with van der Waals surface area (Å²) in [5.74, 6) is 2.56. The number of fused-ring (bicyclic) bond motifs is 1. The minimum Gasteiger partial charge on any atom is -0.496 e. The van der Waals surface area contributed by atoms with Crippen LogP contribution in [-0.2, 0) is 4.74 Å². The van der Waals surface area contributed by atoms with Gasteiger partial charge in [0, 0.05) is 6.61 Å². The molecule has 2 fully saturated rings. The third kappa shape index (κ3) is 2.42. The maximum atomic E-state index is 11.9. The number of carbonyl (C=O) groups is 1. The Balaban J connectivity index is 1.82. The van der Waals surface area contributed by atoms with Crippen LogP contribution in [0, 0.1) is 17.8 Å². The molecule has 21 heavy (non-hydrogen) atoms. The summed E-state index contributed by atoms with van der Waals surface area (Å²) in [5, 5.41) is 9.33. The molecule has 2 aliphatic rings. The van der Waals surface area contributed by atoms with Crippen LogP contribution in [0.3, 0.4) is 0 Å². The molecule has 1 N–H and O–H groups in total. The van der Waals surface area contributed by atoms with E-state index < -0.39 is 0 Å². The van der Waals surface area contributed by atoms with Crippen molar-refractivity contribution in [3.05, 3.63) is 29.3 Å². The number of aliphatic hydroxyl groups excluding tert-OH is 1. The molecule has 4 atom stereocenters. The monoisotopic (exact) mass is 290 g/mol. The van der Waals surface area contributed by atoms with Crippen molar-refractivity contribution in [2.45, 2.75) is 25.2 Å². The summed E-state index contributed by atoms with van der Waals surface area (Å²) < 4.78 is 10.1. The molecule has 1 aromatic carbocycles. The maximum absolute atomic E-state index is 11.9. The lowest BCUT2D eigenvalue weighted by molar-refractivity contribution is 0.0596. The average Bonchev–Trinajstić information content (AvgIpc) is 2.83. The van der Waals surface area contributed by atoms with Crippen molar-refractivity contribution in [2.75, 3.05) is 20.8 Å². The molecule has 3 rings (SSSR count). The third-order valence-electron chi connectivity index (χ3n) is 5.24. The van der Waals surface area contributed by atoms with Crippen LogP contribution in [0.15, 0.2) is 18.2 Å². The van der Waals surface area contributed by atoms with Gasteiger partial charge >= 0.3 is 5.97 Å². The van der Waals surface area contributed by atoms with E-state index in [0.717, 1.165) is 25.2 Å². The molecule has 4 heteroatoms. The highest BCUT2D eigenvalue weighted by Crippen LogP contribution is 2.57. The quantitative estimate of drug-likeness (QED) is 0.866. The molecule has 0 aliphatic heterocycles. The van der Waals surface area contributed by atoms with Gasteiger partial charge in [0.25, 0.3) is 0 Å². The summed E-state index contributed by atoms with van der Waals surface area (Å²) >= 11 is 0. The first kappa shape index (κ1) is 14.4. The fourth-order valence-electron chi connectivity index (χ4n) is 4.10. The molecular weight excluding hydrogens is 268 g/mol. The van der Waals surface area contributed by atoms with Gasteiger partial charge in [-0.05, 0) is 60.6 Å². The molecule has 0 amide bonds. The van der Waals surface area contributed by atoms with E-state index in [-0.39, 0.29) is 5.97 Å². The van der Waals surface area contributed by atoms with E-state index in [2.05, 4.69) is 6.07 Å². The fraction of sp³-hybridized carbons (Fsp3) is 0.588. The second-order valence-electron chi connectivity index (χ2n) is 6.24. The van der Waals surface area contributed by atoms with E-state index in [1.54, 1.807) is 7.11 Å². The number of aliphatic hydroxyl groups is 1. The summed E-state index contributed by atoms with van der Waals surface area (Å²) in [4.78, 5) is 11.9. The van der Waals surface area contributed by atoms with Crippen molar-refractivity contribution in [3.8, 4) is 5.75 Å². The second kappa shape index (κ2) is 5.68. The van der Waals surface area contributed by atoms with Crippen molar-refractivity contribution >= 4 is 5.97 Å². The third-order valence-corrected chi connectivity index (χ3v) is 5.24. The summed E-state index contributed by atoms with van der Waals surface area (Å²) in [5.41, 5.74) is 1.69. The number of hydrogen-bond acceptors (Lipinski definition) is 4. The summed E-state index contributed by atoms with van der Waals surface area (Å²) in [6.07, 6.45) is 3.41. The molecule has 0 heterocycles. The van der Waals surface area contributed by atoms with Gasteiger partial charge in [-0.2, -0.15) is 0 Å². The number of esters is 1. The minimum atomic E-state index is -0.357. The smallest absolute Gasteiger partial charge is 0.341 e. The highest BCUT2D eigenvalue weighted by molar-refractivity contribution is 5.92. The lowest BCUT2D eigenvalue weighted by atomic mass is 9.64. The van der Waals surface area contributed by atoms with Gasteiger partial charge in [0.1, 0.15) is 11.3 Å². The lowest BCUT2D eigenvalue weighted by Gasteiger charge is -2.41. The van der Waals surface area contributed by atoms with Gasteiger partial charge < -0.3 is 14.6 Å². The van der Waals surface area contributed by atoms with E-state index in [1.165, 1.54) is 12.7 Å². The van der Waals surface area contributed by atoms with Crippen LogP contribution in [0.1, 0.15) is 41.1 Å². The van der Waals surface area contributed by atoms with E-state index in [0.29, 0.717) is 35.7 Å². The Labute approximate surface area is 125 Å². The molecule has 2 saturated carbocycles. The number of benzene rings is 1. The van der Waals surface area contributed by atoms with Gasteiger partial charge in [-0.1, -0.05) is 6.07 Å². The molecule has 0 saturated heterocycles. The number of hydrogen-bond donors (Lipinski definition) is 1. The second-order valence-corrected chi connectivity index (χ2v) is 6.24. The molecule has 0 radical (unpaired) electrons. The van der Waals surface area contributed by atoms with Crippen molar-refractivity contribution in [3.63, 3.8) is 0 Å². The summed E-state index contributed by atoms with van der Waals surface area (Å²) in [6, 6.07) is 5.82.